The van der Waals surface area contributed by atoms with Gasteiger partial charge in [-0.05, 0) is 43.5 Å². The summed E-state index contributed by atoms with van der Waals surface area (Å²) in [6.45, 7) is 7.28. The standard InChI is InChI=1S/C20H23FN4O/c1-13-11-17-19(18(26)12-13)14(2)22-20(23-17)25-9-7-24(8-10-25)16-5-3-15(21)4-6-16/h3-6,13H,7-12H2,1-2H3. The van der Waals surface area contributed by atoms with Crippen LogP contribution in [0.5, 0.6) is 0 Å². The van der Waals surface area contributed by atoms with Gasteiger partial charge in [0.15, 0.2) is 5.78 Å². The highest BCUT2D eigenvalue weighted by atomic mass is 19.1. The van der Waals surface area contributed by atoms with Crippen molar-refractivity contribution < 1.29 is 9.18 Å². The Bertz CT molecular complexity index is 828. The average Bonchev–Trinajstić information content (AvgIpc) is 2.61. The Hall–Kier alpha value is -2.50. The molecule has 0 saturated carbocycles. The lowest BCUT2D eigenvalue weighted by Gasteiger charge is -2.36. The van der Waals surface area contributed by atoms with Crippen LogP contribution in [0.2, 0.25) is 0 Å². The molecule has 0 spiro atoms. The fourth-order valence-electron chi connectivity index (χ4n) is 3.91. The fourth-order valence-corrected chi connectivity index (χ4v) is 3.91. The Labute approximate surface area is 152 Å². The van der Waals surface area contributed by atoms with E-state index in [1.54, 1.807) is 0 Å². The van der Waals surface area contributed by atoms with E-state index in [1.165, 1.54) is 12.1 Å². The Kier molecular flexibility index (Phi) is 4.34. The molecule has 2 aliphatic rings. The third-order valence-corrected chi connectivity index (χ3v) is 5.26. The van der Waals surface area contributed by atoms with Crippen LogP contribution in [0.4, 0.5) is 16.0 Å². The summed E-state index contributed by atoms with van der Waals surface area (Å²) in [6, 6.07) is 6.63. The number of ketones is 1. The molecule has 1 atom stereocenters. The minimum absolute atomic E-state index is 0.170. The van der Waals surface area contributed by atoms with E-state index in [9.17, 15) is 9.18 Å². The minimum Gasteiger partial charge on any atom is -0.368 e. The van der Waals surface area contributed by atoms with Crippen LogP contribution in [0.15, 0.2) is 24.3 Å². The van der Waals surface area contributed by atoms with Crippen LogP contribution in [0.3, 0.4) is 0 Å². The molecule has 1 aliphatic heterocycles. The number of benzene rings is 1. The number of carbonyl (C=O) groups excluding carboxylic acids is 1. The first-order chi connectivity index (χ1) is 12.5. The molecule has 5 nitrogen and oxygen atoms in total. The van der Waals surface area contributed by atoms with Crippen molar-refractivity contribution >= 4 is 17.4 Å². The highest BCUT2D eigenvalue weighted by molar-refractivity contribution is 5.99. The highest BCUT2D eigenvalue weighted by Gasteiger charge is 2.28. The summed E-state index contributed by atoms with van der Waals surface area (Å²) >= 11 is 0. The van der Waals surface area contributed by atoms with E-state index in [1.807, 2.05) is 19.1 Å². The van der Waals surface area contributed by atoms with E-state index in [2.05, 4.69) is 21.7 Å². The number of nitrogens with zero attached hydrogens (tertiary/aromatic N) is 4. The molecule has 1 fully saturated rings. The Morgan fingerprint density at radius 2 is 1.65 bits per heavy atom. The summed E-state index contributed by atoms with van der Waals surface area (Å²) in [6.07, 6.45) is 1.43. The van der Waals surface area contributed by atoms with Crippen molar-refractivity contribution in [3.8, 4) is 0 Å². The first kappa shape index (κ1) is 16.9. The predicted molar refractivity (Wildman–Crippen MR) is 99.4 cm³/mol. The van der Waals surface area contributed by atoms with Crippen LogP contribution in [0.1, 0.15) is 35.1 Å². The van der Waals surface area contributed by atoms with Gasteiger partial charge in [-0.2, -0.15) is 0 Å². The van der Waals surface area contributed by atoms with E-state index in [0.29, 0.717) is 12.3 Å². The Morgan fingerprint density at radius 3 is 2.35 bits per heavy atom. The van der Waals surface area contributed by atoms with Crippen molar-refractivity contribution in [2.75, 3.05) is 36.0 Å². The van der Waals surface area contributed by atoms with Crippen molar-refractivity contribution in [3.05, 3.63) is 47.0 Å². The van der Waals surface area contributed by atoms with Gasteiger partial charge in [-0.25, -0.2) is 14.4 Å². The molecule has 1 aliphatic carbocycles. The van der Waals surface area contributed by atoms with Crippen LogP contribution in [-0.4, -0.2) is 41.9 Å². The molecule has 1 saturated heterocycles. The molecule has 6 heteroatoms. The minimum atomic E-state index is -0.214. The molecule has 0 N–H and O–H groups in total. The maximum Gasteiger partial charge on any atom is 0.225 e. The number of hydrogen-bond donors (Lipinski definition) is 0. The molecule has 4 rings (SSSR count). The van der Waals surface area contributed by atoms with Gasteiger partial charge < -0.3 is 9.80 Å². The van der Waals surface area contributed by atoms with Crippen molar-refractivity contribution in [1.82, 2.24) is 9.97 Å². The van der Waals surface area contributed by atoms with Gasteiger partial charge in [0.2, 0.25) is 5.95 Å². The molecular weight excluding hydrogens is 331 g/mol. The zero-order chi connectivity index (χ0) is 18.3. The van der Waals surface area contributed by atoms with Crippen LogP contribution < -0.4 is 9.80 Å². The Balaban J connectivity index is 1.51. The lowest BCUT2D eigenvalue weighted by atomic mass is 9.86. The number of piperazine rings is 1. The monoisotopic (exact) mass is 354 g/mol. The fraction of sp³-hybridized carbons (Fsp3) is 0.450. The number of aromatic nitrogens is 2. The molecule has 0 radical (unpaired) electrons. The summed E-state index contributed by atoms with van der Waals surface area (Å²) in [7, 11) is 0. The number of Topliss-reactive ketones (excluding diaryl/α,β-unsaturated/α-hetero) is 1. The third kappa shape index (κ3) is 3.16. The van der Waals surface area contributed by atoms with Gasteiger partial charge >= 0.3 is 0 Å². The molecule has 0 bridgehead atoms. The third-order valence-electron chi connectivity index (χ3n) is 5.26. The largest absolute Gasteiger partial charge is 0.368 e. The summed E-state index contributed by atoms with van der Waals surface area (Å²) in [5, 5.41) is 0. The molecule has 1 aromatic heterocycles. The van der Waals surface area contributed by atoms with Crippen molar-refractivity contribution in [2.45, 2.75) is 26.7 Å². The van der Waals surface area contributed by atoms with Gasteiger partial charge in [0.05, 0.1) is 17.0 Å². The number of rotatable bonds is 2. The first-order valence-electron chi connectivity index (χ1n) is 9.17. The SMILES string of the molecule is Cc1nc(N2CCN(c3ccc(F)cc3)CC2)nc2c1C(=O)CC(C)C2. The number of aryl methyl sites for hydroxylation is 1. The summed E-state index contributed by atoms with van der Waals surface area (Å²) in [5.74, 6) is 1.02. The number of halogens is 1. The van der Waals surface area contributed by atoms with Gasteiger partial charge in [0.1, 0.15) is 5.82 Å². The van der Waals surface area contributed by atoms with Crippen molar-refractivity contribution in [1.29, 1.82) is 0 Å². The molecule has 1 unspecified atom stereocenters. The lowest BCUT2D eigenvalue weighted by molar-refractivity contribution is 0.0951. The summed E-state index contributed by atoms with van der Waals surface area (Å²) in [5.41, 5.74) is 3.46. The quantitative estimate of drug-likeness (QED) is 0.830. The number of fused-ring (bicyclic) bond motifs is 1. The lowest BCUT2D eigenvalue weighted by Crippen LogP contribution is -2.47. The van der Waals surface area contributed by atoms with E-state index >= 15 is 0 Å². The molecule has 26 heavy (non-hydrogen) atoms. The molecular formula is C20H23FN4O. The van der Waals surface area contributed by atoms with Crippen molar-refractivity contribution in [3.63, 3.8) is 0 Å². The second kappa shape index (κ2) is 6.67. The maximum absolute atomic E-state index is 13.1. The summed E-state index contributed by atoms with van der Waals surface area (Å²) in [4.78, 5) is 26.1. The van der Waals surface area contributed by atoms with Gasteiger partial charge in [0.25, 0.3) is 0 Å². The maximum atomic E-state index is 13.1. The van der Waals surface area contributed by atoms with Crippen LogP contribution in [-0.2, 0) is 6.42 Å². The zero-order valence-corrected chi connectivity index (χ0v) is 15.2. The molecule has 2 heterocycles. The number of anilines is 2. The normalized spacial score (nSPS) is 20.3. The van der Waals surface area contributed by atoms with Gasteiger partial charge in [-0.3, -0.25) is 4.79 Å². The van der Waals surface area contributed by atoms with E-state index in [0.717, 1.165) is 61.2 Å². The Morgan fingerprint density at radius 1 is 1.00 bits per heavy atom. The van der Waals surface area contributed by atoms with Crippen molar-refractivity contribution in [2.24, 2.45) is 5.92 Å². The highest BCUT2D eigenvalue weighted by Crippen LogP contribution is 2.28. The topological polar surface area (TPSA) is 49.3 Å². The second-order valence-corrected chi connectivity index (χ2v) is 7.32. The molecule has 2 aromatic rings. The summed E-state index contributed by atoms with van der Waals surface area (Å²) < 4.78 is 13.1. The molecule has 136 valence electrons. The van der Waals surface area contributed by atoms with Gasteiger partial charge in [0, 0.05) is 38.3 Å². The second-order valence-electron chi connectivity index (χ2n) is 7.32. The molecule has 0 amide bonds. The smallest absolute Gasteiger partial charge is 0.225 e. The number of carbonyl (C=O) groups is 1. The first-order valence-corrected chi connectivity index (χ1v) is 9.17. The van der Waals surface area contributed by atoms with E-state index in [-0.39, 0.29) is 11.6 Å². The molecule has 1 aromatic carbocycles. The van der Waals surface area contributed by atoms with Gasteiger partial charge in [-0.1, -0.05) is 6.92 Å². The van der Waals surface area contributed by atoms with Crippen LogP contribution in [0.25, 0.3) is 0 Å². The van der Waals surface area contributed by atoms with Crippen LogP contribution in [0, 0.1) is 18.7 Å². The van der Waals surface area contributed by atoms with E-state index < -0.39 is 0 Å². The zero-order valence-electron chi connectivity index (χ0n) is 15.2. The number of hydrogen-bond acceptors (Lipinski definition) is 5. The predicted octanol–water partition coefficient (Wildman–Crippen LogP) is 3.02. The van der Waals surface area contributed by atoms with E-state index in [4.69, 9.17) is 4.98 Å². The van der Waals surface area contributed by atoms with Crippen LogP contribution >= 0.6 is 0 Å². The average molecular weight is 354 g/mol. The van der Waals surface area contributed by atoms with Gasteiger partial charge in [-0.15, -0.1) is 0 Å².